The zero-order chi connectivity index (χ0) is 17.5. The molecule has 6 heteroatoms. The van der Waals surface area contributed by atoms with Crippen LogP contribution in [0, 0.1) is 0 Å². The van der Waals surface area contributed by atoms with Crippen LogP contribution in [0.2, 0.25) is 0 Å². The molecular formula is C19H22BrN3O2. The van der Waals surface area contributed by atoms with Crippen molar-refractivity contribution in [2.24, 2.45) is 0 Å². The van der Waals surface area contributed by atoms with Gasteiger partial charge in [-0.1, -0.05) is 30.3 Å². The number of benzene rings is 1. The number of amides is 1. The second kappa shape index (κ2) is 8.97. The van der Waals surface area contributed by atoms with Crippen LogP contribution in [0.1, 0.15) is 11.1 Å². The molecule has 5 nitrogen and oxygen atoms in total. The Morgan fingerprint density at radius 3 is 2.60 bits per heavy atom. The van der Waals surface area contributed by atoms with Gasteiger partial charge in [0, 0.05) is 49.6 Å². The van der Waals surface area contributed by atoms with E-state index in [2.05, 4.69) is 25.8 Å². The van der Waals surface area contributed by atoms with E-state index in [1.807, 2.05) is 48.8 Å². The molecule has 0 bridgehead atoms. The Hall–Kier alpha value is -1.92. The first-order valence-corrected chi connectivity index (χ1v) is 9.28. The third kappa shape index (κ3) is 5.28. The van der Waals surface area contributed by atoms with Gasteiger partial charge in [0.25, 0.3) is 0 Å². The van der Waals surface area contributed by atoms with Crippen LogP contribution in [-0.2, 0) is 17.8 Å². The van der Waals surface area contributed by atoms with E-state index in [4.69, 9.17) is 4.74 Å². The van der Waals surface area contributed by atoms with Gasteiger partial charge >= 0.3 is 6.09 Å². The van der Waals surface area contributed by atoms with Crippen LogP contribution >= 0.6 is 15.9 Å². The number of rotatable bonds is 5. The Kier molecular flexibility index (Phi) is 6.42. The summed E-state index contributed by atoms with van der Waals surface area (Å²) in [5.74, 6) is 0. The molecule has 0 atom stereocenters. The summed E-state index contributed by atoms with van der Waals surface area (Å²) in [6, 6.07) is 11.8. The summed E-state index contributed by atoms with van der Waals surface area (Å²) < 4.78 is 6.46. The number of piperazine rings is 1. The van der Waals surface area contributed by atoms with Gasteiger partial charge in [0.15, 0.2) is 0 Å². The van der Waals surface area contributed by atoms with E-state index >= 15 is 0 Å². The van der Waals surface area contributed by atoms with E-state index < -0.39 is 0 Å². The van der Waals surface area contributed by atoms with Gasteiger partial charge in [0.2, 0.25) is 0 Å². The summed E-state index contributed by atoms with van der Waals surface area (Å²) in [5, 5.41) is 0. The van der Waals surface area contributed by atoms with Crippen LogP contribution in [0.4, 0.5) is 4.79 Å². The molecule has 1 aromatic heterocycles. The van der Waals surface area contributed by atoms with Crippen LogP contribution in [0.3, 0.4) is 0 Å². The number of ether oxygens (including phenoxy) is 1. The first-order chi connectivity index (χ1) is 12.2. The number of nitrogens with zero attached hydrogens (tertiary/aromatic N) is 3. The van der Waals surface area contributed by atoms with Gasteiger partial charge in [-0.3, -0.25) is 9.88 Å². The molecule has 2 heterocycles. The smallest absolute Gasteiger partial charge is 0.410 e. The molecule has 0 aliphatic carbocycles. The summed E-state index contributed by atoms with van der Waals surface area (Å²) in [5.41, 5.74) is 2.28. The summed E-state index contributed by atoms with van der Waals surface area (Å²) in [6.07, 6.45) is 4.40. The highest BCUT2D eigenvalue weighted by Gasteiger charge is 2.22. The summed E-state index contributed by atoms with van der Waals surface area (Å²) in [7, 11) is 0. The van der Waals surface area contributed by atoms with Gasteiger partial charge in [-0.2, -0.15) is 0 Å². The van der Waals surface area contributed by atoms with Gasteiger partial charge in [0.05, 0.1) is 0 Å². The van der Waals surface area contributed by atoms with E-state index in [1.165, 1.54) is 5.56 Å². The van der Waals surface area contributed by atoms with E-state index in [1.54, 1.807) is 4.90 Å². The maximum Gasteiger partial charge on any atom is 0.410 e. The Morgan fingerprint density at radius 1 is 1.12 bits per heavy atom. The van der Waals surface area contributed by atoms with Gasteiger partial charge in [0.1, 0.15) is 6.61 Å². The Labute approximate surface area is 156 Å². The standard InChI is InChI=1S/C19H22BrN3O2/c20-18-14-21-8-6-17(18)7-9-22-10-12-23(13-11-22)19(24)25-15-16-4-2-1-3-5-16/h1-6,8,14H,7,9-13,15H2. The first kappa shape index (κ1) is 17.9. The molecular weight excluding hydrogens is 382 g/mol. The lowest BCUT2D eigenvalue weighted by Gasteiger charge is -2.34. The van der Waals surface area contributed by atoms with Crippen molar-refractivity contribution in [3.8, 4) is 0 Å². The average Bonchev–Trinajstić information content (AvgIpc) is 2.67. The lowest BCUT2D eigenvalue weighted by Crippen LogP contribution is -2.49. The van der Waals surface area contributed by atoms with Crippen molar-refractivity contribution in [3.63, 3.8) is 0 Å². The molecule has 25 heavy (non-hydrogen) atoms. The maximum atomic E-state index is 12.2. The zero-order valence-electron chi connectivity index (χ0n) is 14.1. The molecule has 1 aliphatic rings. The van der Waals surface area contributed by atoms with Gasteiger partial charge < -0.3 is 9.64 Å². The highest BCUT2D eigenvalue weighted by molar-refractivity contribution is 9.10. The first-order valence-electron chi connectivity index (χ1n) is 8.49. The number of hydrogen-bond donors (Lipinski definition) is 0. The van der Waals surface area contributed by atoms with Crippen LogP contribution in [0.5, 0.6) is 0 Å². The lowest BCUT2D eigenvalue weighted by atomic mass is 10.2. The Morgan fingerprint density at radius 2 is 1.88 bits per heavy atom. The van der Waals surface area contributed by atoms with E-state index in [0.29, 0.717) is 19.7 Å². The normalized spacial score (nSPS) is 15.2. The third-order valence-corrected chi connectivity index (χ3v) is 5.10. The molecule has 0 saturated carbocycles. The summed E-state index contributed by atoms with van der Waals surface area (Å²) >= 11 is 3.54. The molecule has 0 radical (unpaired) electrons. The monoisotopic (exact) mass is 403 g/mol. The second-order valence-electron chi connectivity index (χ2n) is 6.09. The molecule has 132 valence electrons. The van der Waals surface area contributed by atoms with Crippen molar-refractivity contribution in [1.29, 1.82) is 0 Å². The Balaban J connectivity index is 1.39. The van der Waals surface area contributed by atoms with Crippen molar-refractivity contribution >= 4 is 22.0 Å². The fraction of sp³-hybridized carbons (Fsp3) is 0.368. The van der Waals surface area contributed by atoms with Gasteiger partial charge in [-0.15, -0.1) is 0 Å². The predicted molar refractivity (Wildman–Crippen MR) is 100 cm³/mol. The number of carbonyl (C=O) groups excluding carboxylic acids is 1. The molecule has 2 aromatic rings. The SMILES string of the molecule is O=C(OCc1ccccc1)N1CCN(CCc2ccncc2Br)CC1. The molecule has 1 aliphatic heterocycles. The van der Waals surface area contributed by atoms with Crippen LogP contribution < -0.4 is 0 Å². The summed E-state index contributed by atoms with van der Waals surface area (Å²) in [6.45, 7) is 4.49. The highest BCUT2D eigenvalue weighted by atomic mass is 79.9. The van der Waals surface area contributed by atoms with Crippen molar-refractivity contribution in [2.45, 2.75) is 13.0 Å². The molecule has 1 amide bonds. The van der Waals surface area contributed by atoms with Gasteiger partial charge in [-0.05, 0) is 39.5 Å². The molecule has 1 saturated heterocycles. The number of hydrogen-bond acceptors (Lipinski definition) is 4. The number of pyridine rings is 1. The van der Waals surface area contributed by atoms with Crippen LogP contribution in [0.15, 0.2) is 53.3 Å². The van der Waals surface area contributed by atoms with E-state index in [0.717, 1.165) is 36.1 Å². The molecule has 3 rings (SSSR count). The summed E-state index contributed by atoms with van der Waals surface area (Å²) in [4.78, 5) is 20.4. The largest absolute Gasteiger partial charge is 0.445 e. The minimum absolute atomic E-state index is 0.222. The molecule has 1 fully saturated rings. The fourth-order valence-corrected chi connectivity index (χ4v) is 3.30. The average molecular weight is 404 g/mol. The van der Waals surface area contributed by atoms with Gasteiger partial charge in [-0.25, -0.2) is 4.79 Å². The molecule has 0 unspecified atom stereocenters. The van der Waals surface area contributed by atoms with Crippen molar-refractivity contribution in [1.82, 2.24) is 14.8 Å². The fourth-order valence-electron chi connectivity index (χ4n) is 2.85. The lowest BCUT2D eigenvalue weighted by molar-refractivity contribution is 0.0719. The number of halogens is 1. The van der Waals surface area contributed by atoms with E-state index in [9.17, 15) is 4.79 Å². The highest BCUT2D eigenvalue weighted by Crippen LogP contribution is 2.16. The van der Waals surface area contributed by atoms with Crippen molar-refractivity contribution in [3.05, 3.63) is 64.4 Å². The zero-order valence-corrected chi connectivity index (χ0v) is 15.7. The quantitative estimate of drug-likeness (QED) is 0.767. The van der Waals surface area contributed by atoms with Crippen molar-refractivity contribution in [2.75, 3.05) is 32.7 Å². The minimum atomic E-state index is -0.222. The molecule has 0 spiro atoms. The van der Waals surface area contributed by atoms with E-state index in [-0.39, 0.29) is 6.09 Å². The van der Waals surface area contributed by atoms with Crippen LogP contribution in [-0.4, -0.2) is 53.6 Å². The molecule has 0 N–H and O–H groups in total. The van der Waals surface area contributed by atoms with Crippen LogP contribution in [0.25, 0.3) is 0 Å². The minimum Gasteiger partial charge on any atom is -0.445 e. The molecule has 1 aromatic carbocycles. The van der Waals surface area contributed by atoms with Crippen molar-refractivity contribution < 1.29 is 9.53 Å². The second-order valence-corrected chi connectivity index (χ2v) is 6.94. The predicted octanol–water partition coefficient (Wildman–Crippen LogP) is 3.34. The Bertz CT molecular complexity index is 688. The number of aromatic nitrogens is 1. The topological polar surface area (TPSA) is 45.7 Å². The third-order valence-electron chi connectivity index (χ3n) is 4.39. The maximum absolute atomic E-state index is 12.2. The number of carbonyl (C=O) groups is 1.